The summed E-state index contributed by atoms with van der Waals surface area (Å²) in [5.41, 5.74) is 0. The van der Waals surface area contributed by atoms with Crippen LogP contribution in [0.1, 0.15) is 19.2 Å². The minimum Gasteiger partial charge on any atom is -0.437 e. The van der Waals surface area contributed by atoms with E-state index in [9.17, 15) is 0 Å². The first-order valence-corrected chi connectivity index (χ1v) is 7.48. The van der Waals surface area contributed by atoms with Crippen LogP contribution in [0.3, 0.4) is 0 Å². The van der Waals surface area contributed by atoms with Crippen LogP contribution in [0.25, 0.3) is 0 Å². The van der Waals surface area contributed by atoms with Crippen molar-refractivity contribution in [2.75, 3.05) is 12.4 Å². The Hall–Kier alpha value is -1.33. The van der Waals surface area contributed by atoms with E-state index in [2.05, 4.69) is 38.1 Å². The SMILES string of the molecule is CCCc1nc(NC)cc(Oc2ccc(Br)cc2Cl)n1. The minimum absolute atomic E-state index is 0.483. The Kier molecular flexibility index (Phi) is 5.20. The summed E-state index contributed by atoms with van der Waals surface area (Å²) in [6, 6.07) is 7.20. The lowest BCUT2D eigenvalue weighted by atomic mass is 10.3. The second-order valence-electron chi connectivity index (χ2n) is 4.18. The third-order valence-electron chi connectivity index (χ3n) is 2.59. The van der Waals surface area contributed by atoms with Crippen molar-refractivity contribution in [3.63, 3.8) is 0 Å². The van der Waals surface area contributed by atoms with E-state index >= 15 is 0 Å². The first-order chi connectivity index (χ1) is 9.62. The highest BCUT2D eigenvalue weighted by Crippen LogP contribution is 2.31. The Morgan fingerprint density at radius 3 is 2.75 bits per heavy atom. The van der Waals surface area contributed by atoms with E-state index in [0.29, 0.717) is 16.7 Å². The number of benzene rings is 1. The van der Waals surface area contributed by atoms with E-state index in [4.69, 9.17) is 16.3 Å². The molecule has 0 saturated carbocycles. The molecule has 2 rings (SSSR count). The van der Waals surface area contributed by atoms with Crippen LogP contribution in [0.2, 0.25) is 5.02 Å². The van der Waals surface area contributed by atoms with Crippen LogP contribution in [-0.2, 0) is 6.42 Å². The van der Waals surface area contributed by atoms with Gasteiger partial charge >= 0.3 is 0 Å². The molecule has 0 aliphatic heterocycles. The van der Waals surface area contributed by atoms with Gasteiger partial charge in [0, 0.05) is 24.0 Å². The molecule has 0 atom stereocenters. The first-order valence-electron chi connectivity index (χ1n) is 6.31. The fourth-order valence-electron chi connectivity index (χ4n) is 1.66. The molecule has 6 heteroatoms. The largest absolute Gasteiger partial charge is 0.437 e. The van der Waals surface area contributed by atoms with E-state index in [1.165, 1.54) is 0 Å². The monoisotopic (exact) mass is 355 g/mol. The van der Waals surface area contributed by atoms with Crippen molar-refractivity contribution in [2.45, 2.75) is 19.8 Å². The van der Waals surface area contributed by atoms with Crippen molar-refractivity contribution in [1.29, 1.82) is 0 Å². The molecule has 1 N–H and O–H groups in total. The van der Waals surface area contributed by atoms with Crippen molar-refractivity contribution in [3.05, 3.63) is 39.6 Å². The summed E-state index contributed by atoms with van der Waals surface area (Å²) < 4.78 is 6.65. The van der Waals surface area contributed by atoms with Crippen LogP contribution in [0, 0.1) is 0 Å². The number of anilines is 1. The average molecular weight is 357 g/mol. The zero-order chi connectivity index (χ0) is 14.5. The lowest BCUT2D eigenvalue weighted by Gasteiger charge is -2.10. The Balaban J connectivity index is 2.29. The predicted octanol–water partition coefficient (Wildman–Crippen LogP) is 4.68. The van der Waals surface area contributed by atoms with Gasteiger partial charge in [-0.05, 0) is 24.6 Å². The molecule has 1 heterocycles. The van der Waals surface area contributed by atoms with Gasteiger partial charge in [-0.3, -0.25) is 0 Å². The molecule has 0 fully saturated rings. The van der Waals surface area contributed by atoms with Gasteiger partial charge in [0.1, 0.15) is 17.4 Å². The first kappa shape index (κ1) is 15.1. The standard InChI is InChI=1S/C14H15BrClN3O/c1-3-4-12-18-13(17-2)8-14(19-12)20-11-6-5-9(15)7-10(11)16/h5-8H,3-4H2,1-2H3,(H,17,18,19). The van der Waals surface area contributed by atoms with Gasteiger partial charge in [0.25, 0.3) is 0 Å². The van der Waals surface area contributed by atoms with Crippen LogP contribution in [0.4, 0.5) is 5.82 Å². The highest BCUT2D eigenvalue weighted by molar-refractivity contribution is 9.10. The molecular weight excluding hydrogens is 342 g/mol. The molecule has 1 aromatic carbocycles. The van der Waals surface area contributed by atoms with Gasteiger partial charge in [-0.15, -0.1) is 0 Å². The molecule has 106 valence electrons. The molecule has 2 aromatic rings. The molecule has 0 unspecified atom stereocenters. The Morgan fingerprint density at radius 2 is 2.10 bits per heavy atom. The van der Waals surface area contributed by atoms with Crippen molar-refractivity contribution in [2.24, 2.45) is 0 Å². The van der Waals surface area contributed by atoms with Crippen LogP contribution in [-0.4, -0.2) is 17.0 Å². The van der Waals surface area contributed by atoms with Crippen molar-refractivity contribution >= 4 is 33.3 Å². The molecule has 0 spiro atoms. The molecular formula is C14H15BrClN3O. The summed E-state index contributed by atoms with van der Waals surface area (Å²) in [6.45, 7) is 2.08. The van der Waals surface area contributed by atoms with Gasteiger partial charge in [0.05, 0.1) is 5.02 Å². The summed E-state index contributed by atoms with van der Waals surface area (Å²) in [4.78, 5) is 8.76. The number of aromatic nitrogens is 2. The fraction of sp³-hybridized carbons (Fsp3) is 0.286. The number of hydrogen-bond acceptors (Lipinski definition) is 4. The molecule has 0 aliphatic rings. The predicted molar refractivity (Wildman–Crippen MR) is 84.8 cm³/mol. The zero-order valence-electron chi connectivity index (χ0n) is 11.3. The molecule has 0 aliphatic carbocycles. The van der Waals surface area contributed by atoms with Crippen LogP contribution < -0.4 is 10.1 Å². The summed E-state index contributed by atoms with van der Waals surface area (Å²) in [5, 5.41) is 3.53. The van der Waals surface area contributed by atoms with Gasteiger partial charge in [0.2, 0.25) is 5.88 Å². The van der Waals surface area contributed by atoms with E-state index in [1.807, 2.05) is 13.1 Å². The number of ether oxygens (including phenoxy) is 1. The van der Waals surface area contributed by atoms with E-state index in [-0.39, 0.29) is 0 Å². The van der Waals surface area contributed by atoms with E-state index in [1.54, 1.807) is 18.2 Å². The third kappa shape index (κ3) is 3.84. The Morgan fingerprint density at radius 1 is 1.30 bits per heavy atom. The molecule has 4 nitrogen and oxygen atoms in total. The highest BCUT2D eigenvalue weighted by atomic mass is 79.9. The van der Waals surface area contributed by atoms with E-state index < -0.39 is 0 Å². The summed E-state index contributed by atoms with van der Waals surface area (Å²) >= 11 is 9.50. The van der Waals surface area contributed by atoms with Gasteiger partial charge in [0.15, 0.2) is 0 Å². The number of nitrogens with one attached hydrogen (secondary N) is 1. The fourth-order valence-corrected chi connectivity index (χ4v) is 2.37. The number of halogens is 2. The second kappa shape index (κ2) is 6.90. The average Bonchev–Trinajstić information content (AvgIpc) is 2.42. The number of hydrogen-bond donors (Lipinski definition) is 1. The topological polar surface area (TPSA) is 47.0 Å². The number of nitrogens with zero attached hydrogens (tertiary/aromatic N) is 2. The van der Waals surface area contributed by atoms with Crippen LogP contribution >= 0.6 is 27.5 Å². The molecule has 0 bridgehead atoms. The summed E-state index contributed by atoms with van der Waals surface area (Å²) in [6.07, 6.45) is 1.78. The van der Waals surface area contributed by atoms with E-state index in [0.717, 1.165) is 29.0 Å². The lowest BCUT2D eigenvalue weighted by molar-refractivity contribution is 0.459. The van der Waals surface area contributed by atoms with Crippen molar-refractivity contribution in [3.8, 4) is 11.6 Å². The summed E-state index contributed by atoms with van der Waals surface area (Å²) in [7, 11) is 1.81. The van der Waals surface area contributed by atoms with Gasteiger partial charge < -0.3 is 10.1 Å². The maximum atomic E-state index is 6.14. The maximum absolute atomic E-state index is 6.14. The molecule has 20 heavy (non-hydrogen) atoms. The highest BCUT2D eigenvalue weighted by Gasteiger charge is 2.08. The Bertz CT molecular complexity index is 607. The smallest absolute Gasteiger partial charge is 0.224 e. The molecule has 0 saturated heterocycles. The Labute approximate surface area is 131 Å². The molecule has 1 aromatic heterocycles. The minimum atomic E-state index is 0.483. The van der Waals surface area contributed by atoms with Gasteiger partial charge in [-0.1, -0.05) is 34.5 Å². The van der Waals surface area contributed by atoms with Gasteiger partial charge in [-0.25, -0.2) is 4.98 Å². The normalized spacial score (nSPS) is 10.4. The number of rotatable bonds is 5. The van der Waals surface area contributed by atoms with Crippen LogP contribution in [0.15, 0.2) is 28.7 Å². The maximum Gasteiger partial charge on any atom is 0.224 e. The molecule has 0 radical (unpaired) electrons. The molecule has 0 amide bonds. The zero-order valence-corrected chi connectivity index (χ0v) is 13.6. The lowest BCUT2D eigenvalue weighted by Crippen LogP contribution is -2.02. The quantitative estimate of drug-likeness (QED) is 0.845. The summed E-state index contributed by atoms with van der Waals surface area (Å²) in [5.74, 6) is 2.53. The third-order valence-corrected chi connectivity index (χ3v) is 3.38. The van der Waals surface area contributed by atoms with Crippen molar-refractivity contribution in [1.82, 2.24) is 9.97 Å². The second-order valence-corrected chi connectivity index (χ2v) is 5.51. The van der Waals surface area contributed by atoms with Crippen molar-refractivity contribution < 1.29 is 4.74 Å². The van der Waals surface area contributed by atoms with Gasteiger partial charge in [-0.2, -0.15) is 4.98 Å². The number of aryl methyl sites for hydroxylation is 1. The van der Waals surface area contributed by atoms with Crippen LogP contribution in [0.5, 0.6) is 11.6 Å².